The Morgan fingerprint density at radius 3 is 2.69 bits per heavy atom. The number of halogens is 2. The molecule has 1 aromatic heterocycles. The highest BCUT2D eigenvalue weighted by atomic mass is 19.1. The van der Waals surface area contributed by atoms with Crippen LogP contribution in [-0.4, -0.2) is 4.98 Å². The van der Waals surface area contributed by atoms with E-state index in [9.17, 15) is 8.78 Å². The molecule has 0 aliphatic carbocycles. The maximum Gasteiger partial charge on any atom is 0.214 e. The molecule has 0 atom stereocenters. The van der Waals surface area contributed by atoms with Crippen LogP contribution in [-0.2, 0) is 0 Å². The Morgan fingerprint density at radius 2 is 1.94 bits per heavy atom. The maximum absolute atomic E-state index is 13.4. The second-order valence-corrected chi connectivity index (χ2v) is 3.48. The fourth-order valence-corrected chi connectivity index (χ4v) is 1.37. The highest BCUT2D eigenvalue weighted by Gasteiger charge is 2.03. The van der Waals surface area contributed by atoms with Crippen LogP contribution >= 0.6 is 0 Å². The Bertz CT molecular complexity index is 512. The van der Waals surface area contributed by atoms with Gasteiger partial charge in [-0.1, -0.05) is 6.07 Å². The molecule has 0 unspecified atom stereocenters. The monoisotopic (exact) mass is 220 g/mol. The van der Waals surface area contributed by atoms with Gasteiger partial charge in [0.1, 0.15) is 5.82 Å². The van der Waals surface area contributed by atoms with Crippen molar-refractivity contribution in [2.24, 2.45) is 0 Å². The number of aromatic nitrogens is 1. The quantitative estimate of drug-likeness (QED) is 0.784. The lowest BCUT2D eigenvalue weighted by molar-refractivity contribution is 0.584. The molecule has 0 radical (unpaired) electrons. The number of nitrogens with zero attached hydrogens (tertiary/aromatic N) is 1. The second kappa shape index (κ2) is 4.26. The fraction of sp³-hybridized carbons (Fsp3) is 0.0833. The predicted molar refractivity (Wildman–Crippen MR) is 58.6 cm³/mol. The van der Waals surface area contributed by atoms with E-state index in [2.05, 4.69) is 10.3 Å². The molecule has 4 heteroatoms. The SMILES string of the molecule is Cc1ccc(F)c(Nc2ccnc(F)c2)c1. The standard InChI is InChI=1S/C12H10F2N2/c1-8-2-3-10(13)11(6-8)16-9-4-5-15-12(14)7-9/h2-7H,1H3,(H,15,16). The van der Waals surface area contributed by atoms with E-state index in [1.54, 1.807) is 18.2 Å². The van der Waals surface area contributed by atoms with Crippen LogP contribution in [0.4, 0.5) is 20.2 Å². The zero-order valence-electron chi connectivity index (χ0n) is 8.67. The molecule has 0 spiro atoms. The van der Waals surface area contributed by atoms with E-state index in [0.717, 1.165) is 5.56 Å². The van der Waals surface area contributed by atoms with Gasteiger partial charge in [-0.3, -0.25) is 0 Å². The normalized spacial score (nSPS) is 10.2. The van der Waals surface area contributed by atoms with Gasteiger partial charge in [0.05, 0.1) is 5.69 Å². The van der Waals surface area contributed by atoms with Crippen LogP contribution in [0.3, 0.4) is 0 Å². The molecule has 0 aliphatic rings. The Balaban J connectivity index is 2.30. The van der Waals surface area contributed by atoms with Crippen molar-refractivity contribution in [1.82, 2.24) is 4.98 Å². The average Bonchev–Trinajstić information content (AvgIpc) is 2.24. The van der Waals surface area contributed by atoms with Gasteiger partial charge >= 0.3 is 0 Å². The van der Waals surface area contributed by atoms with Gasteiger partial charge in [-0.2, -0.15) is 4.39 Å². The zero-order chi connectivity index (χ0) is 11.5. The fourth-order valence-electron chi connectivity index (χ4n) is 1.37. The molecule has 1 N–H and O–H groups in total. The number of nitrogens with one attached hydrogen (secondary N) is 1. The molecule has 1 aromatic carbocycles. The van der Waals surface area contributed by atoms with E-state index in [0.29, 0.717) is 11.4 Å². The summed E-state index contributed by atoms with van der Waals surface area (Å²) < 4.78 is 26.2. The average molecular weight is 220 g/mol. The molecular formula is C12H10F2N2. The number of rotatable bonds is 2. The first kappa shape index (κ1) is 10.5. The summed E-state index contributed by atoms with van der Waals surface area (Å²) in [7, 11) is 0. The van der Waals surface area contributed by atoms with Crippen LogP contribution in [0.25, 0.3) is 0 Å². The molecule has 16 heavy (non-hydrogen) atoms. The van der Waals surface area contributed by atoms with Crippen LogP contribution in [0.15, 0.2) is 36.5 Å². The van der Waals surface area contributed by atoms with E-state index >= 15 is 0 Å². The molecular weight excluding hydrogens is 210 g/mol. The summed E-state index contributed by atoms with van der Waals surface area (Å²) in [6, 6.07) is 7.49. The van der Waals surface area contributed by atoms with E-state index in [1.807, 2.05) is 6.92 Å². The van der Waals surface area contributed by atoms with Gasteiger partial charge in [0.2, 0.25) is 5.95 Å². The Labute approximate surface area is 92.0 Å². The third-order valence-electron chi connectivity index (χ3n) is 2.13. The summed E-state index contributed by atoms with van der Waals surface area (Å²) in [5.41, 5.74) is 1.72. The van der Waals surface area contributed by atoms with Crippen molar-refractivity contribution >= 4 is 11.4 Å². The summed E-state index contributed by atoms with van der Waals surface area (Å²) in [5.74, 6) is -0.971. The van der Waals surface area contributed by atoms with Gasteiger partial charge in [0.25, 0.3) is 0 Å². The lowest BCUT2D eigenvalue weighted by Crippen LogP contribution is -1.95. The molecule has 2 rings (SSSR count). The molecule has 2 aromatic rings. The third kappa shape index (κ3) is 2.34. The minimum absolute atomic E-state index is 0.325. The molecule has 82 valence electrons. The molecule has 0 bridgehead atoms. The number of aryl methyl sites for hydroxylation is 1. The third-order valence-corrected chi connectivity index (χ3v) is 2.13. The van der Waals surface area contributed by atoms with Crippen LogP contribution in [0.1, 0.15) is 5.56 Å². The topological polar surface area (TPSA) is 24.9 Å². The number of benzene rings is 1. The number of hydrogen-bond donors (Lipinski definition) is 1. The zero-order valence-corrected chi connectivity index (χ0v) is 8.67. The van der Waals surface area contributed by atoms with E-state index in [-0.39, 0.29) is 5.82 Å². The first-order chi connectivity index (χ1) is 7.65. The van der Waals surface area contributed by atoms with Crippen molar-refractivity contribution in [2.75, 3.05) is 5.32 Å². The maximum atomic E-state index is 13.4. The number of anilines is 2. The van der Waals surface area contributed by atoms with Crippen LogP contribution in [0.5, 0.6) is 0 Å². The smallest absolute Gasteiger partial charge is 0.214 e. The lowest BCUT2D eigenvalue weighted by atomic mass is 10.2. The highest BCUT2D eigenvalue weighted by Crippen LogP contribution is 2.20. The lowest BCUT2D eigenvalue weighted by Gasteiger charge is -2.08. The summed E-state index contributed by atoms with van der Waals surface area (Å²) in [6.07, 6.45) is 1.32. The van der Waals surface area contributed by atoms with Gasteiger partial charge < -0.3 is 5.32 Å². The van der Waals surface area contributed by atoms with Gasteiger partial charge in [0, 0.05) is 18.0 Å². The van der Waals surface area contributed by atoms with Crippen LogP contribution < -0.4 is 5.32 Å². The van der Waals surface area contributed by atoms with Crippen molar-refractivity contribution in [1.29, 1.82) is 0 Å². The Hall–Kier alpha value is -1.97. The molecule has 1 heterocycles. The largest absolute Gasteiger partial charge is 0.353 e. The van der Waals surface area contributed by atoms with Gasteiger partial charge in [-0.15, -0.1) is 0 Å². The molecule has 2 nitrogen and oxygen atoms in total. The van der Waals surface area contributed by atoms with Crippen molar-refractivity contribution in [2.45, 2.75) is 6.92 Å². The van der Waals surface area contributed by atoms with Crippen molar-refractivity contribution in [3.8, 4) is 0 Å². The van der Waals surface area contributed by atoms with Crippen molar-refractivity contribution in [3.63, 3.8) is 0 Å². The van der Waals surface area contributed by atoms with Crippen LogP contribution in [0.2, 0.25) is 0 Å². The minimum Gasteiger partial charge on any atom is -0.353 e. The number of pyridine rings is 1. The van der Waals surface area contributed by atoms with Gasteiger partial charge in [-0.05, 0) is 30.7 Å². The molecule has 0 fully saturated rings. The molecule has 0 amide bonds. The predicted octanol–water partition coefficient (Wildman–Crippen LogP) is 3.41. The summed E-state index contributed by atoms with van der Waals surface area (Å²) in [6.45, 7) is 1.86. The van der Waals surface area contributed by atoms with E-state index < -0.39 is 5.95 Å². The summed E-state index contributed by atoms with van der Waals surface area (Å²) in [5, 5.41) is 2.80. The van der Waals surface area contributed by atoms with Gasteiger partial charge in [0.15, 0.2) is 0 Å². The van der Waals surface area contributed by atoms with Crippen LogP contribution in [0, 0.1) is 18.7 Å². The second-order valence-electron chi connectivity index (χ2n) is 3.48. The Kier molecular flexibility index (Phi) is 2.81. The minimum atomic E-state index is -0.599. The molecule has 0 saturated heterocycles. The number of hydrogen-bond acceptors (Lipinski definition) is 2. The molecule has 0 aliphatic heterocycles. The van der Waals surface area contributed by atoms with Gasteiger partial charge in [-0.25, -0.2) is 9.37 Å². The molecule has 0 saturated carbocycles. The summed E-state index contributed by atoms with van der Waals surface area (Å²) in [4.78, 5) is 3.42. The first-order valence-electron chi connectivity index (χ1n) is 4.80. The van der Waals surface area contributed by atoms with E-state index in [4.69, 9.17) is 0 Å². The highest BCUT2D eigenvalue weighted by molar-refractivity contribution is 5.60. The van der Waals surface area contributed by atoms with Crippen molar-refractivity contribution < 1.29 is 8.78 Å². The first-order valence-corrected chi connectivity index (χ1v) is 4.80. The Morgan fingerprint density at radius 1 is 1.12 bits per heavy atom. The van der Waals surface area contributed by atoms with Crippen molar-refractivity contribution in [3.05, 3.63) is 53.9 Å². The summed E-state index contributed by atoms with van der Waals surface area (Å²) >= 11 is 0. The van der Waals surface area contributed by atoms with E-state index in [1.165, 1.54) is 18.3 Å².